The Hall–Kier alpha value is -0.910. The van der Waals surface area contributed by atoms with Crippen molar-refractivity contribution in [3.8, 4) is 0 Å². The number of aliphatic carboxylic acids is 1. The van der Waals surface area contributed by atoms with Crippen LogP contribution in [0.2, 0.25) is 0 Å². The molecule has 0 rings (SSSR count). The number of likely N-dealkylation sites (N-methyl/N-ethyl adjacent to an activating group) is 1. The molecular formula is C29H57NO4. The molecule has 34 heavy (non-hydrogen) atoms. The SMILES string of the molecule is CCCCCCCC/C=C/CCCCCCCCOCC(COCCCCCC(=O)O)N(C)C. The Balaban J connectivity index is 3.42. The molecule has 0 aliphatic heterocycles. The van der Waals surface area contributed by atoms with Crippen LogP contribution in [0.4, 0.5) is 0 Å². The zero-order valence-electron chi connectivity index (χ0n) is 22.9. The standard InChI is InChI=1S/C29H57NO4/c1-4-5-6-7-8-9-10-11-12-13-14-15-16-17-18-21-24-33-26-28(30(2)3)27-34-25-22-19-20-23-29(31)32/h11-12,28H,4-10,13-27H2,1-3H3,(H,31,32)/b12-11+. The van der Waals surface area contributed by atoms with Gasteiger partial charge in [0.05, 0.1) is 19.3 Å². The molecule has 0 aromatic carbocycles. The Morgan fingerprint density at radius 2 is 1.15 bits per heavy atom. The first kappa shape index (κ1) is 33.1. The van der Waals surface area contributed by atoms with Crippen LogP contribution in [0.3, 0.4) is 0 Å². The number of carboxylic acids is 1. The van der Waals surface area contributed by atoms with E-state index in [9.17, 15) is 4.79 Å². The molecule has 0 aromatic rings. The van der Waals surface area contributed by atoms with E-state index in [0.29, 0.717) is 19.8 Å². The second-order valence-corrected chi connectivity index (χ2v) is 9.91. The quantitative estimate of drug-likeness (QED) is 0.0961. The summed E-state index contributed by atoms with van der Waals surface area (Å²) >= 11 is 0. The molecule has 0 saturated heterocycles. The minimum atomic E-state index is -0.715. The molecule has 0 saturated carbocycles. The van der Waals surface area contributed by atoms with Crippen LogP contribution in [0, 0.1) is 0 Å². The molecule has 202 valence electrons. The van der Waals surface area contributed by atoms with E-state index in [1.165, 1.54) is 83.5 Å². The number of hydrogen-bond acceptors (Lipinski definition) is 4. The molecule has 0 spiro atoms. The Labute approximate surface area is 211 Å². The van der Waals surface area contributed by atoms with Gasteiger partial charge in [-0.3, -0.25) is 4.79 Å². The van der Waals surface area contributed by atoms with E-state index in [1.54, 1.807) is 0 Å². The second-order valence-electron chi connectivity index (χ2n) is 9.91. The first-order valence-corrected chi connectivity index (χ1v) is 14.3. The van der Waals surface area contributed by atoms with Crippen molar-refractivity contribution in [2.24, 2.45) is 0 Å². The Morgan fingerprint density at radius 1 is 0.706 bits per heavy atom. The Morgan fingerprint density at radius 3 is 1.62 bits per heavy atom. The number of carbonyl (C=O) groups is 1. The molecule has 0 amide bonds. The number of unbranched alkanes of at least 4 members (excludes halogenated alkanes) is 14. The van der Waals surface area contributed by atoms with Crippen molar-refractivity contribution in [1.29, 1.82) is 0 Å². The van der Waals surface area contributed by atoms with Crippen LogP contribution in [0.5, 0.6) is 0 Å². The van der Waals surface area contributed by atoms with E-state index in [2.05, 4.69) is 38.1 Å². The molecular weight excluding hydrogens is 426 g/mol. The molecule has 5 nitrogen and oxygen atoms in total. The maximum absolute atomic E-state index is 10.5. The van der Waals surface area contributed by atoms with Gasteiger partial charge in [-0.1, -0.05) is 83.3 Å². The number of carboxylic acid groups (broad SMARTS) is 1. The smallest absolute Gasteiger partial charge is 0.303 e. The Bertz CT molecular complexity index is 453. The van der Waals surface area contributed by atoms with E-state index < -0.39 is 5.97 Å². The highest BCUT2D eigenvalue weighted by Gasteiger charge is 2.11. The molecule has 0 bridgehead atoms. The largest absolute Gasteiger partial charge is 0.481 e. The molecule has 1 N–H and O–H groups in total. The summed E-state index contributed by atoms with van der Waals surface area (Å²) in [7, 11) is 4.13. The first-order chi connectivity index (χ1) is 16.6. The maximum Gasteiger partial charge on any atom is 0.303 e. The first-order valence-electron chi connectivity index (χ1n) is 14.3. The number of ether oxygens (including phenoxy) is 2. The highest BCUT2D eigenvalue weighted by atomic mass is 16.5. The average molecular weight is 484 g/mol. The van der Waals surface area contributed by atoms with Crippen LogP contribution in [0.15, 0.2) is 12.2 Å². The summed E-state index contributed by atoms with van der Waals surface area (Å²) in [4.78, 5) is 12.7. The molecule has 0 radical (unpaired) electrons. The van der Waals surface area contributed by atoms with Crippen LogP contribution in [-0.4, -0.2) is 62.5 Å². The van der Waals surface area contributed by atoms with E-state index >= 15 is 0 Å². The van der Waals surface area contributed by atoms with Gasteiger partial charge in [-0.25, -0.2) is 0 Å². The third kappa shape index (κ3) is 25.7. The summed E-state index contributed by atoms with van der Waals surface area (Å²) in [6.07, 6.45) is 26.2. The van der Waals surface area contributed by atoms with Gasteiger partial charge >= 0.3 is 5.97 Å². The average Bonchev–Trinajstić information content (AvgIpc) is 2.80. The molecule has 1 atom stereocenters. The minimum Gasteiger partial charge on any atom is -0.481 e. The van der Waals surface area contributed by atoms with Crippen molar-refractivity contribution >= 4 is 5.97 Å². The van der Waals surface area contributed by atoms with E-state index in [1.807, 2.05) is 0 Å². The van der Waals surface area contributed by atoms with Gasteiger partial charge in [0, 0.05) is 19.6 Å². The topological polar surface area (TPSA) is 59.0 Å². The van der Waals surface area contributed by atoms with Gasteiger partial charge in [-0.2, -0.15) is 0 Å². The maximum atomic E-state index is 10.5. The van der Waals surface area contributed by atoms with Crippen LogP contribution in [-0.2, 0) is 14.3 Å². The molecule has 5 heteroatoms. The summed E-state index contributed by atoms with van der Waals surface area (Å²) in [5, 5.41) is 8.64. The van der Waals surface area contributed by atoms with Gasteiger partial charge in [0.25, 0.3) is 0 Å². The van der Waals surface area contributed by atoms with Crippen LogP contribution in [0.1, 0.15) is 122 Å². The summed E-state index contributed by atoms with van der Waals surface area (Å²) in [5.41, 5.74) is 0. The Kier molecular flexibility index (Phi) is 26.0. The van der Waals surface area contributed by atoms with Crippen LogP contribution >= 0.6 is 0 Å². The highest BCUT2D eigenvalue weighted by molar-refractivity contribution is 5.66. The minimum absolute atomic E-state index is 0.255. The van der Waals surface area contributed by atoms with Crippen molar-refractivity contribution in [2.75, 3.05) is 40.5 Å². The van der Waals surface area contributed by atoms with Gasteiger partial charge in [0.1, 0.15) is 0 Å². The van der Waals surface area contributed by atoms with Gasteiger partial charge in [0.2, 0.25) is 0 Å². The van der Waals surface area contributed by atoms with Crippen molar-refractivity contribution in [3.63, 3.8) is 0 Å². The number of hydrogen-bond donors (Lipinski definition) is 1. The molecule has 0 aliphatic carbocycles. The van der Waals surface area contributed by atoms with Gasteiger partial charge < -0.3 is 19.5 Å². The van der Waals surface area contributed by atoms with Gasteiger partial charge in [0.15, 0.2) is 0 Å². The number of rotatable bonds is 27. The van der Waals surface area contributed by atoms with Crippen LogP contribution in [0.25, 0.3) is 0 Å². The number of allylic oxidation sites excluding steroid dienone is 2. The fourth-order valence-electron chi connectivity index (χ4n) is 3.89. The van der Waals surface area contributed by atoms with E-state index in [-0.39, 0.29) is 12.5 Å². The third-order valence-corrected chi connectivity index (χ3v) is 6.33. The van der Waals surface area contributed by atoms with Crippen molar-refractivity contribution < 1.29 is 19.4 Å². The summed E-state index contributed by atoms with van der Waals surface area (Å²) in [5.74, 6) is -0.715. The molecule has 1 unspecified atom stereocenters. The third-order valence-electron chi connectivity index (χ3n) is 6.33. The van der Waals surface area contributed by atoms with E-state index in [4.69, 9.17) is 14.6 Å². The zero-order chi connectivity index (χ0) is 25.1. The van der Waals surface area contributed by atoms with Crippen molar-refractivity contribution in [2.45, 2.75) is 129 Å². The predicted octanol–water partition coefficient (Wildman–Crippen LogP) is 7.63. The highest BCUT2D eigenvalue weighted by Crippen LogP contribution is 2.10. The lowest BCUT2D eigenvalue weighted by molar-refractivity contribution is -0.137. The monoisotopic (exact) mass is 483 g/mol. The van der Waals surface area contributed by atoms with Crippen molar-refractivity contribution in [1.82, 2.24) is 4.90 Å². The predicted molar refractivity (Wildman–Crippen MR) is 145 cm³/mol. The van der Waals surface area contributed by atoms with Crippen LogP contribution < -0.4 is 0 Å². The van der Waals surface area contributed by atoms with Crippen molar-refractivity contribution in [3.05, 3.63) is 12.2 Å². The second kappa shape index (κ2) is 26.7. The summed E-state index contributed by atoms with van der Waals surface area (Å²) in [6.45, 7) is 5.17. The molecule has 0 heterocycles. The molecule has 0 aliphatic rings. The summed E-state index contributed by atoms with van der Waals surface area (Å²) in [6, 6.07) is 0.271. The summed E-state index contributed by atoms with van der Waals surface area (Å²) < 4.78 is 11.7. The van der Waals surface area contributed by atoms with Gasteiger partial charge in [-0.05, 0) is 59.0 Å². The fraction of sp³-hybridized carbons (Fsp3) is 0.897. The van der Waals surface area contributed by atoms with E-state index in [0.717, 1.165) is 32.3 Å². The molecule has 0 aromatic heterocycles. The van der Waals surface area contributed by atoms with Gasteiger partial charge in [-0.15, -0.1) is 0 Å². The normalized spacial score (nSPS) is 12.7. The fourth-order valence-corrected chi connectivity index (χ4v) is 3.89. The lowest BCUT2D eigenvalue weighted by Gasteiger charge is -2.24. The molecule has 0 fully saturated rings. The lowest BCUT2D eigenvalue weighted by atomic mass is 10.1. The lowest BCUT2D eigenvalue weighted by Crippen LogP contribution is -2.37. The number of nitrogens with zero attached hydrogens (tertiary/aromatic N) is 1. The zero-order valence-corrected chi connectivity index (χ0v) is 22.9.